The first-order valence-electron chi connectivity index (χ1n) is 9.33. The predicted octanol–water partition coefficient (Wildman–Crippen LogP) is 6.40. The molecule has 0 unspecified atom stereocenters. The smallest absolute Gasteiger partial charge is 0.262 e. The number of carbonyl (C=O) groups is 1. The molecule has 29 heavy (non-hydrogen) atoms. The second-order valence-corrected chi connectivity index (χ2v) is 8.20. The molecule has 0 saturated carbocycles. The molecule has 0 atom stereocenters. The fourth-order valence-corrected chi connectivity index (χ4v) is 4.28. The minimum Gasteiger partial charge on any atom is -0.481 e. The molecule has 0 aliphatic heterocycles. The van der Waals surface area contributed by atoms with Crippen LogP contribution >= 0.6 is 31.9 Å². The van der Waals surface area contributed by atoms with Crippen LogP contribution in [0, 0.1) is 0 Å². The van der Waals surface area contributed by atoms with Gasteiger partial charge in [-0.2, -0.15) is 0 Å². The van der Waals surface area contributed by atoms with Crippen LogP contribution in [-0.4, -0.2) is 12.5 Å². The van der Waals surface area contributed by atoms with E-state index < -0.39 is 0 Å². The molecule has 0 fully saturated rings. The third-order valence-corrected chi connectivity index (χ3v) is 5.50. The Labute approximate surface area is 187 Å². The predicted molar refractivity (Wildman–Crippen MR) is 126 cm³/mol. The van der Waals surface area contributed by atoms with Gasteiger partial charge in [-0.1, -0.05) is 37.3 Å². The molecule has 1 amide bonds. The van der Waals surface area contributed by atoms with Gasteiger partial charge in [0.25, 0.3) is 5.91 Å². The summed E-state index contributed by atoms with van der Waals surface area (Å²) in [6.45, 7) is 2.75. The van der Waals surface area contributed by atoms with Gasteiger partial charge in [-0.25, -0.2) is 0 Å². The SMILES string of the molecule is CCc1ccc(NCc2cc(Br)c(OCC(=O)Nc3ccccc3)c(Br)c2)cc1. The Bertz CT molecular complexity index is 937. The first-order chi connectivity index (χ1) is 14.0. The number of amides is 1. The van der Waals surface area contributed by atoms with Crippen molar-refractivity contribution in [1.29, 1.82) is 0 Å². The third kappa shape index (κ3) is 6.34. The summed E-state index contributed by atoms with van der Waals surface area (Å²) in [5.74, 6) is 0.389. The summed E-state index contributed by atoms with van der Waals surface area (Å²) in [6.07, 6.45) is 1.03. The molecule has 0 aromatic heterocycles. The highest BCUT2D eigenvalue weighted by atomic mass is 79.9. The first-order valence-corrected chi connectivity index (χ1v) is 10.9. The Morgan fingerprint density at radius 2 is 1.55 bits per heavy atom. The van der Waals surface area contributed by atoms with E-state index in [1.54, 1.807) is 0 Å². The van der Waals surface area contributed by atoms with Gasteiger partial charge in [0.15, 0.2) is 6.61 Å². The number of hydrogen-bond acceptors (Lipinski definition) is 3. The van der Waals surface area contributed by atoms with Gasteiger partial charge in [-0.3, -0.25) is 4.79 Å². The zero-order chi connectivity index (χ0) is 20.6. The largest absolute Gasteiger partial charge is 0.481 e. The molecule has 0 heterocycles. The topological polar surface area (TPSA) is 50.4 Å². The van der Waals surface area contributed by atoms with E-state index in [-0.39, 0.29) is 12.5 Å². The van der Waals surface area contributed by atoms with Gasteiger partial charge in [0.05, 0.1) is 8.95 Å². The summed E-state index contributed by atoms with van der Waals surface area (Å²) in [5.41, 5.74) is 4.23. The van der Waals surface area contributed by atoms with Crippen LogP contribution in [0.1, 0.15) is 18.1 Å². The average Bonchev–Trinajstić information content (AvgIpc) is 2.72. The number of rotatable bonds is 8. The number of benzene rings is 3. The highest BCUT2D eigenvalue weighted by Crippen LogP contribution is 2.35. The van der Waals surface area contributed by atoms with Crippen LogP contribution in [0.25, 0.3) is 0 Å². The summed E-state index contributed by atoms with van der Waals surface area (Å²) in [7, 11) is 0. The summed E-state index contributed by atoms with van der Waals surface area (Å²) in [5, 5.41) is 6.22. The fraction of sp³-hybridized carbons (Fsp3) is 0.174. The van der Waals surface area contributed by atoms with Crippen LogP contribution in [0.3, 0.4) is 0 Å². The number of hydrogen-bond donors (Lipinski definition) is 2. The number of anilines is 2. The van der Waals surface area contributed by atoms with Gasteiger partial charge in [0.1, 0.15) is 5.75 Å². The number of aryl methyl sites for hydroxylation is 1. The zero-order valence-corrected chi connectivity index (χ0v) is 19.2. The molecule has 2 N–H and O–H groups in total. The lowest BCUT2D eigenvalue weighted by Gasteiger charge is -2.13. The van der Waals surface area contributed by atoms with Crippen molar-refractivity contribution in [2.75, 3.05) is 17.2 Å². The summed E-state index contributed by atoms with van der Waals surface area (Å²) < 4.78 is 7.30. The Morgan fingerprint density at radius 1 is 0.897 bits per heavy atom. The van der Waals surface area contributed by atoms with E-state index in [4.69, 9.17) is 4.74 Å². The molecule has 6 heteroatoms. The van der Waals surface area contributed by atoms with Gasteiger partial charge in [-0.05, 0) is 85.8 Å². The minimum atomic E-state index is -0.212. The van der Waals surface area contributed by atoms with E-state index >= 15 is 0 Å². The van der Waals surface area contributed by atoms with Crippen LogP contribution < -0.4 is 15.4 Å². The Balaban J connectivity index is 1.57. The quantitative estimate of drug-likeness (QED) is 0.363. The number of halogens is 2. The number of carbonyl (C=O) groups excluding carboxylic acids is 1. The summed E-state index contributed by atoms with van der Waals surface area (Å²) in [6, 6.07) is 21.7. The lowest BCUT2D eigenvalue weighted by molar-refractivity contribution is -0.118. The molecule has 4 nitrogen and oxygen atoms in total. The van der Waals surface area contributed by atoms with Crippen LogP contribution in [0.15, 0.2) is 75.7 Å². The zero-order valence-electron chi connectivity index (χ0n) is 16.0. The maximum absolute atomic E-state index is 12.1. The molecule has 3 aromatic rings. The molecule has 0 saturated heterocycles. The second-order valence-electron chi connectivity index (χ2n) is 6.50. The van der Waals surface area contributed by atoms with Gasteiger partial charge in [0.2, 0.25) is 0 Å². The number of ether oxygens (including phenoxy) is 1. The number of nitrogens with one attached hydrogen (secondary N) is 2. The monoisotopic (exact) mass is 516 g/mol. The van der Waals surface area contributed by atoms with Gasteiger partial charge in [-0.15, -0.1) is 0 Å². The fourth-order valence-electron chi connectivity index (χ4n) is 2.77. The maximum Gasteiger partial charge on any atom is 0.262 e. The van der Waals surface area contributed by atoms with Crippen molar-refractivity contribution >= 4 is 49.1 Å². The van der Waals surface area contributed by atoms with Crippen LogP contribution in [-0.2, 0) is 17.8 Å². The highest BCUT2D eigenvalue weighted by molar-refractivity contribution is 9.11. The summed E-state index contributed by atoms with van der Waals surface area (Å²) in [4.78, 5) is 12.1. The Morgan fingerprint density at radius 3 is 2.17 bits per heavy atom. The maximum atomic E-state index is 12.1. The molecule has 0 aliphatic carbocycles. The van der Waals surface area contributed by atoms with E-state index in [2.05, 4.69) is 73.7 Å². The normalized spacial score (nSPS) is 10.4. The van der Waals surface area contributed by atoms with Crippen molar-refractivity contribution in [2.45, 2.75) is 19.9 Å². The van der Waals surface area contributed by atoms with Crippen LogP contribution in [0.4, 0.5) is 11.4 Å². The van der Waals surface area contributed by atoms with Gasteiger partial charge in [0, 0.05) is 17.9 Å². The molecular formula is C23H22Br2N2O2. The lowest BCUT2D eigenvalue weighted by atomic mass is 10.1. The highest BCUT2D eigenvalue weighted by Gasteiger charge is 2.12. The summed E-state index contributed by atoms with van der Waals surface area (Å²) >= 11 is 7.09. The van der Waals surface area contributed by atoms with E-state index in [0.29, 0.717) is 12.3 Å². The molecular weight excluding hydrogens is 496 g/mol. The van der Waals surface area contributed by atoms with Crippen LogP contribution in [0.5, 0.6) is 5.75 Å². The van der Waals surface area contributed by atoms with Crippen molar-refractivity contribution in [3.8, 4) is 5.75 Å². The molecule has 0 spiro atoms. The molecule has 0 aliphatic rings. The molecule has 0 bridgehead atoms. The van der Waals surface area contributed by atoms with Crippen molar-refractivity contribution < 1.29 is 9.53 Å². The van der Waals surface area contributed by atoms with Crippen molar-refractivity contribution in [3.05, 3.63) is 86.8 Å². The van der Waals surface area contributed by atoms with Gasteiger partial charge >= 0.3 is 0 Å². The average molecular weight is 518 g/mol. The van der Waals surface area contributed by atoms with Gasteiger partial charge < -0.3 is 15.4 Å². The Hall–Kier alpha value is -2.31. The van der Waals surface area contributed by atoms with E-state index in [1.807, 2.05) is 42.5 Å². The van der Waals surface area contributed by atoms with Crippen molar-refractivity contribution in [1.82, 2.24) is 0 Å². The Kier molecular flexibility index (Phi) is 7.72. The first kappa shape index (κ1) is 21.4. The lowest BCUT2D eigenvalue weighted by Crippen LogP contribution is -2.20. The van der Waals surface area contributed by atoms with Crippen molar-refractivity contribution in [2.24, 2.45) is 0 Å². The third-order valence-electron chi connectivity index (χ3n) is 4.32. The molecule has 150 valence electrons. The molecule has 3 aromatic carbocycles. The minimum absolute atomic E-state index is 0.0759. The van der Waals surface area contributed by atoms with E-state index in [9.17, 15) is 4.79 Å². The second kappa shape index (κ2) is 10.5. The van der Waals surface area contributed by atoms with E-state index in [1.165, 1.54) is 5.56 Å². The number of para-hydroxylation sites is 1. The van der Waals surface area contributed by atoms with E-state index in [0.717, 1.165) is 32.3 Å². The standard InChI is InChI=1S/C23H22Br2N2O2/c1-2-16-8-10-18(11-9-16)26-14-17-12-20(24)23(21(25)13-17)29-15-22(28)27-19-6-4-3-5-7-19/h3-13,26H,2,14-15H2,1H3,(H,27,28). The van der Waals surface area contributed by atoms with Crippen molar-refractivity contribution in [3.63, 3.8) is 0 Å². The molecule has 3 rings (SSSR count). The van der Waals surface area contributed by atoms with Crippen LogP contribution in [0.2, 0.25) is 0 Å². The molecule has 0 radical (unpaired) electrons.